The van der Waals surface area contributed by atoms with Crippen LogP contribution in [0, 0.1) is 0 Å². The molecule has 1 aliphatic rings. The van der Waals surface area contributed by atoms with Gasteiger partial charge in [-0.15, -0.1) is 11.3 Å². The van der Waals surface area contributed by atoms with Gasteiger partial charge in [0.25, 0.3) is 0 Å². The van der Waals surface area contributed by atoms with Crippen LogP contribution >= 0.6 is 11.3 Å². The molecule has 2 heterocycles. The number of hydrogen-bond donors (Lipinski definition) is 1. The maximum atomic E-state index is 5.45. The Bertz CT molecular complexity index is 238. The fourth-order valence-corrected chi connectivity index (χ4v) is 2.11. The Labute approximate surface area is 75.8 Å². The van der Waals surface area contributed by atoms with Crippen molar-refractivity contribution in [3.63, 3.8) is 0 Å². The van der Waals surface area contributed by atoms with E-state index in [0.29, 0.717) is 0 Å². The van der Waals surface area contributed by atoms with Crippen LogP contribution in [-0.2, 0) is 11.2 Å². The van der Waals surface area contributed by atoms with E-state index < -0.39 is 0 Å². The van der Waals surface area contributed by atoms with E-state index in [9.17, 15) is 0 Å². The molecule has 0 bridgehead atoms. The zero-order valence-corrected chi connectivity index (χ0v) is 7.86. The molecule has 0 unspecified atom stereocenters. The minimum atomic E-state index is 0.0256. The quantitative estimate of drug-likeness (QED) is 0.750. The number of thiazole rings is 1. The van der Waals surface area contributed by atoms with E-state index >= 15 is 0 Å². The molecule has 1 aromatic heterocycles. The van der Waals surface area contributed by atoms with E-state index in [1.165, 1.54) is 5.01 Å². The van der Waals surface area contributed by atoms with Gasteiger partial charge in [-0.25, -0.2) is 4.98 Å². The molecular formula is C8H12N2OS. The molecule has 3 nitrogen and oxygen atoms in total. The predicted molar refractivity (Wildman–Crippen MR) is 48.4 cm³/mol. The number of rotatable bonds is 3. The zero-order valence-electron chi connectivity index (χ0n) is 7.04. The van der Waals surface area contributed by atoms with Gasteiger partial charge in [-0.2, -0.15) is 0 Å². The highest BCUT2D eigenvalue weighted by Crippen LogP contribution is 2.22. The lowest BCUT2D eigenvalue weighted by atomic mass is 9.93. The van der Waals surface area contributed by atoms with Gasteiger partial charge in [-0.3, -0.25) is 0 Å². The van der Waals surface area contributed by atoms with Crippen LogP contribution in [0.5, 0.6) is 0 Å². The topological polar surface area (TPSA) is 34.1 Å². The molecule has 0 saturated carbocycles. The zero-order chi connectivity index (χ0) is 8.44. The second-order valence-electron chi connectivity index (χ2n) is 3.09. The van der Waals surface area contributed by atoms with E-state index in [0.717, 1.165) is 19.5 Å². The lowest BCUT2D eigenvalue weighted by Gasteiger charge is -2.40. The smallest absolute Gasteiger partial charge is 0.0989 e. The van der Waals surface area contributed by atoms with Crippen molar-refractivity contribution < 1.29 is 4.74 Å². The summed E-state index contributed by atoms with van der Waals surface area (Å²) in [6.45, 7) is 1.90. The molecular weight excluding hydrogens is 172 g/mol. The molecule has 2 rings (SSSR count). The summed E-state index contributed by atoms with van der Waals surface area (Å²) in [6.07, 6.45) is 2.78. The molecule has 0 radical (unpaired) electrons. The standard InChI is InChI=1S/C8H12N2OS/c1-11-8(5-9-6-8)4-7-10-2-3-12-7/h2-3,9H,4-6H2,1H3. The van der Waals surface area contributed by atoms with Crippen LogP contribution in [0.25, 0.3) is 0 Å². The maximum Gasteiger partial charge on any atom is 0.0989 e. The Hall–Kier alpha value is -0.450. The van der Waals surface area contributed by atoms with Gasteiger partial charge < -0.3 is 10.1 Å². The van der Waals surface area contributed by atoms with Crippen molar-refractivity contribution in [1.82, 2.24) is 10.3 Å². The van der Waals surface area contributed by atoms with Crippen LogP contribution in [-0.4, -0.2) is 30.8 Å². The Morgan fingerprint density at radius 1 is 1.75 bits per heavy atom. The average Bonchev–Trinajstić information content (AvgIpc) is 2.49. The summed E-state index contributed by atoms with van der Waals surface area (Å²) in [7, 11) is 1.77. The summed E-state index contributed by atoms with van der Waals surface area (Å²) in [5.74, 6) is 0. The first-order chi connectivity index (χ1) is 5.85. The first kappa shape index (κ1) is 8.16. The molecule has 0 aliphatic carbocycles. The summed E-state index contributed by atoms with van der Waals surface area (Å²) in [4.78, 5) is 4.24. The molecule has 0 spiro atoms. The molecule has 0 aromatic carbocycles. The molecule has 1 fully saturated rings. The van der Waals surface area contributed by atoms with Crippen LogP contribution < -0.4 is 5.32 Å². The van der Waals surface area contributed by atoms with Gasteiger partial charge in [-0.05, 0) is 0 Å². The van der Waals surface area contributed by atoms with E-state index in [4.69, 9.17) is 4.74 Å². The normalized spacial score (nSPS) is 20.4. The lowest BCUT2D eigenvalue weighted by Crippen LogP contribution is -2.61. The third kappa shape index (κ3) is 1.37. The van der Waals surface area contributed by atoms with Crippen molar-refractivity contribution in [3.05, 3.63) is 16.6 Å². The van der Waals surface area contributed by atoms with Crippen LogP contribution in [0.2, 0.25) is 0 Å². The van der Waals surface area contributed by atoms with E-state index in [1.54, 1.807) is 18.4 Å². The second kappa shape index (κ2) is 3.12. The number of methoxy groups -OCH3 is 1. The van der Waals surface area contributed by atoms with Gasteiger partial charge in [0.2, 0.25) is 0 Å². The van der Waals surface area contributed by atoms with Gasteiger partial charge >= 0.3 is 0 Å². The number of nitrogens with zero attached hydrogens (tertiary/aromatic N) is 1. The molecule has 12 heavy (non-hydrogen) atoms. The fourth-order valence-electron chi connectivity index (χ4n) is 1.36. The van der Waals surface area contributed by atoms with E-state index in [1.807, 2.05) is 11.6 Å². The van der Waals surface area contributed by atoms with Gasteiger partial charge in [0.1, 0.15) is 0 Å². The number of nitrogens with one attached hydrogen (secondary N) is 1. The van der Waals surface area contributed by atoms with Crippen LogP contribution in [0.1, 0.15) is 5.01 Å². The summed E-state index contributed by atoms with van der Waals surface area (Å²) in [5.41, 5.74) is 0.0256. The molecule has 0 amide bonds. The van der Waals surface area contributed by atoms with Crippen molar-refractivity contribution in [2.75, 3.05) is 20.2 Å². The first-order valence-electron chi connectivity index (χ1n) is 3.99. The number of ether oxygens (including phenoxy) is 1. The van der Waals surface area contributed by atoms with Crippen LogP contribution in [0.3, 0.4) is 0 Å². The number of aromatic nitrogens is 1. The van der Waals surface area contributed by atoms with Gasteiger partial charge in [0.05, 0.1) is 10.6 Å². The fraction of sp³-hybridized carbons (Fsp3) is 0.625. The Morgan fingerprint density at radius 2 is 2.58 bits per heavy atom. The van der Waals surface area contributed by atoms with Crippen molar-refractivity contribution >= 4 is 11.3 Å². The van der Waals surface area contributed by atoms with Crippen molar-refractivity contribution in [2.24, 2.45) is 0 Å². The monoisotopic (exact) mass is 184 g/mol. The van der Waals surface area contributed by atoms with E-state index in [-0.39, 0.29) is 5.60 Å². The molecule has 1 aliphatic heterocycles. The molecule has 66 valence electrons. The highest BCUT2D eigenvalue weighted by molar-refractivity contribution is 7.09. The molecule has 1 N–H and O–H groups in total. The number of hydrogen-bond acceptors (Lipinski definition) is 4. The largest absolute Gasteiger partial charge is 0.375 e. The molecule has 4 heteroatoms. The van der Waals surface area contributed by atoms with Crippen molar-refractivity contribution in [2.45, 2.75) is 12.0 Å². The summed E-state index contributed by atoms with van der Waals surface area (Å²) < 4.78 is 5.45. The van der Waals surface area contributed by atoms with Gasteiger partial charge in [0, 0.05) is 38.2 Å². The first-order valence-corrected chi connectivity index (χ1v) is 4.87. The highest BCUT2D eigenvalue weighted by Gasteiger charge is 2.37. The Kier molecular flexibility index (Phi) is 2.12. The average molecular weight is 184 g/mol. The molecule has 1 saturated heterocycles. The Balaban J connectivity index is 2.01. The minimum Gasteiger partial charge on any atom is -0.375 e. The minimum absolute atomic E-state index is 0.0256. The van der Waals surface area contributed by atoms with Crippen LogP contribution in [0.4, 0.5) is 0 Å². The van der Waals surface area contributed by atoms with E-state index in [2.05, 4.69) is 10.3 Å². The van der Waals surface area contributed by atoms with Gasteiger partial charge in [-0.1, -0.05) is 0 Å². The SMILES string of the molecule is COC1(Cc2nccs2)CNC1. The highest BCUT2D eigenvalue weighted by atomic mass is 32.1. The third-order valence-corrected chi connectivity index (χ3v) is 3.06. The summed E-state index contributed by atoms with van der Waals surface area (Å²) >= 11 is 1.70. The Morgan fingerprint density at radius 3 is 3.00 bits per heavy atom. The predicted octanol–water partition coefficient (Wildman–Crippen LogP) is 0.674. The lowest BCUT2D eigenvalue weighted by molar-refractivity contribution is -0.0502. The van der Waals surface area contributed by atoms with Gasteiger partial charge in [0.15, 0.2) is 0 Å². The van der Waals surface area contributed by atoms with Crippen molar-refractivity contribution in [1.29, 1.82) is 0 Å². The third-order valence-electron chi connectivity index (χ3n) is 2.28. The summed E-state index contributed by atoms with van der Waals surface area (Å²) in [6, 6.07) is 0. The molecule has 1 aromatic rings. The van der Waals surface area contributed by atoms with Crippen LogP contribution in [0.15, 0.2) is 11.6 Å². The maximum absolute atomic E-state index is 5.45. The summed E-state index contributed by atoms with van der Waals surface area (Å²) in [5, 5.41) is 6.39. The molecule has 0 atom stereocenters. The van der Waals surface area contributed by atoms with Crippen molar-refractivity contribution in [3.8, 4) is 0 Å². The second-order valence-corrected chi connectivity index (χ2v) is 4.07.